The third kappa shape index (κ3) is 2.53. The summed E-state index contributed by atoms with van der Waals surface area (Å²) in [5, 5.41) is 10.2. The Balaban J connectivity index is 2.34. The quantitative estimate of drug-likeness (QED) is 0.945. The van der Waals surface area contributed by atoms with E-state index < -0.39 is 6.10 Å². The van der Waals surface area contributed by atoms with Gasteiger partial charge in [-0.25, -0.2) is 0 Å². The van der Waals surface area contributed by atoms with E-state index in [2.05, 4.69) is 15.9 Å². The molecule has 1 aromatic carbocycles. The van der Waals surface area contributed by atoms with E-state index in [1.807, 2.05) is 43.3 Å². The fourth-order valence-electron chi connectivity index (χ4n) is 1.62. The van der Waals surface area contributed by atoms with Crippen molar-refractivity contribution in [3.05, 3.63) is 52.4 Å². The van der Waals surface area contributed by atoms with Gasteiger partial charge >= 0.3 is 0 Å². The van der Waals surface area contributed by atoms with Gasteiger partial charge in [-0.3, -0.25) is 0 Å². The fourth-order valence-corrected chi connectivity index (χ4v) is 2.04. The zero-order valence-corrected chi connectivity index (χ0v) is 11.3. The molecule has 0 fully saturated rings. The number of aliphatic hydroxyl groups is 1. The predicted octanol–water partition coefficient (Wildman–Crippen LogP) is 3.19. The summed E-state index contributed by atoms with van der Waals surface area (Å²) in [5.41, 5.74) is 1.86. The zero-order chi connectivity index (χ0) is 12.4. The van der Waals surface area contributed by atoms with E-state index in [0.717, 1.165) is 15.7 Å². The van der Waals surface area contributed by atoms with Gasteiger partial charge in [-0.15, -0.1) is 0 Å². The first-order chi connectivity index (χ1) is 8.09. The molecule has 17 heavy (non-hydrogen) atoms. The van der Waals surface area contributed by atoms with Crippen molar-refractivity contribution in [2.24, 2.45) is 0 Å². The second-order valence-electron chi connectivity index (χ2n) is 4.02. The number of furan rings is 1. The molecule has 2 rings (SSSR count). The summed E-state index contributed by atoms with van der Waals surface area (Å²) < 4.78 is 6.05. The minimum absolute atomic E-state index is 0.529. The average Bonchev–Trinajstić information content (AvgIpc) is 2.74. The number of hydrogen-bond donors (Lipinski definition) is 1. The van der Waals surface area contributed by atoms with Crippen molar-refractivity contribution in [3.8, 4) is 0 Å². The van der Waals surface area contributed by atoms with E-state index in [9.17, 15) is 5.11 Å². The lowest BCUT2D eigenvalue weighted by Crippen LogP contribution is -2.09. The van der Waals surface area contributed by atoms with Crippen LogP contribution < -0.4 is 4.90 Å². The lowest BCUT2D eigenvalue weighted by atomic mass is 10.1. The van der Waals surface area contributed by atoms with E-state index in [1.54, 1.807) is 12.3 Å². The van der Waals surface area contributed by atoms with E-state index in [4.69, 9.17) is 4.42 Å². The van der Waals surface area contributed by atoms with Crippen LogP contribution in [0.5, 0.6) is 0 Å². The molecule has 2 aromatic rings. The normalized spacial score (nSPS) is 12.5. The number of anilines is 1. The van der Waals surface area contributed by atoms with E-state index in [1.165, 1.54) is 0 Å². The summed E-state index contributed by atoms with van der Waals surface area (Å²) in [6, 6.07) is 9.51. The highest BCUT2D eigenvalue weighted by Crippen LogP contribution is 2.30. The largest absolute Gasteiger partial charge is 0.465 e. The maximum Gasteiger partial charge on any atom is 0.150 e. The first-order valence-electron chi connectivity index (χ1n) is 5.28. The van der Waals surface area contributed by atoms with Crippen molar-refractivity contribution < 1.29 is 9.52 Å². The van der Waals surface area contributed by atoms with Gasteiger partial charge < -0.3 is 14.4 Å². The second-order valence-corrected chi connectivity index (χ2v) is 4.88. The molecule has 1 heterocycles. The average molecular weight is 296 g/mol. The standard InChI is InChI=1S/C13H14BrNO2/c1-15(2)10-5-3-4-9(8-10)12(16)13-11(14)6-7-17-13/h3-8,12,16H,1-2H3. The first-order valence-corrected chi connectivity index (χ1v) is 6.07. The Morgan fingerprint density at radius 2 is 2.06 bits per heavy atom. The molecule has 0 spiro atoms. The molecule has 0 aliphatic carbocycles. The Labute approximate surface area is 109 Å². The van der Waals surface area contributed by atoms with Crippen LogP contribution in [0.2, 0.25) is 0 Å². The van der Waals surface area contributed by atoms with E-state index in [0.29, 0.717) is 5.76 Å². The third-order valence-corrected chi connectivity index (χ3v) is 3.25. The number of nitrogens with zero attached hydrogens (tertiary/aromatic N) is 1. The van der Waals surface area contributed by atoms with Crippen LogP contribution in [0, 0.1) is 0 Å². The molecule has 1 N–H and O–H groups in total. The summed E-state index contributed by atoms with van der Waals surface area (Å²) in [7, 11) is 3.93. The summed E-state index contributed by atoms with van der Waals surface area (Å²) in [5.74, 6) is 0.529. The number of halogens is 1. The number of benzene rings is 1. The van der Waals surface area contributed by atoms with Gasteiger partial charge in [0.25, 0.3) is 0 Å². The Kier molecular flexibility index (Phi) is 3.54. The topological polar surface area (TPSA) is 36.6 Å². The fraction of sp³-hybridized carbons (Fsp3) is 0.231. The molecule has 0 bridgehead atoms. The SMILES string of the molecule is CN(C)c1cccc(C(O)c2occc2Br)c1. The van der Waals surface area contributed by atoms with Crippen molar-refractivity contribution in [2.45, 2.75) is 6.10 Å². The van der Waals surface area contributed by atoms with Crippen molar-refractivity contribution >= 4 is 21.6 Å². The van der Waals surface area contributed by atoms with Crippen molar-refractivity contribution in [1.29, 1.82) is 0 Å². The lowest BCUT2D eigenvalue weighted by molar-refractivity contribution is 0.188. The van der Waals surface area contributed by atoms with Crippen molar-refractivity contribution in [2.75, 3.05) is 19.0 Å². The van der Waals surface area contributed by atoms with Gasteiger partial charge in [0.15, 0.2) is 5.76 Å². The van der Waals surface area contributed by atoms with Gasteiger partial charge in [-0.2, -0.15) is 0 Å². The highest BCUT2D eigenvalue weighted by Gasteiger charge is 2.17. The van der Waals surface area contributed by atoms with Crippen LogP contribution in [-0.4, -0.2) is 19.2 Å². The van der Waals surface area contributed by atoms with Crippen LogP contribution in [0.25, 0.3) is 0 Å². The Morgan fingerprint density at radius 1 is 1.29 bits per heavy atom. The molecule has 4 heteroatoms. The molecule has 1 atom stereocenters. The highest BCUT2D eigenvalue weighted by molar-refractivity contribution is 9.10. The van der Waals surface area contributed by atoms with Gasteiger partial charge in [0.2, 0.25) is 0 Å². The molecule has 0 radical (unpaired) electrons. The predicted molar refractivity (Wildman–Crippen MR) is 71.2 cm³/mol. The minimum Gasteiger partial charge on any atom is -0.465 e. The molecule has 0 aliphatic rings. The second kappa shape index (κ2) is 4.94. The third-order valence-electron chi connectivity index (χ3n) is 2.60. The van der Waals surface area contributed by atoms with Gasteiger partial charge in [0, 0.05) is 19.8 Å². The van der Waals surface area contributed by atoms with Gasteiger partial charge in [0.05, 0.1) is 10.7 Å². The maximum absolute atomic E-state index is 10.2. The Morgan fingerprint density at radius 3 is 2.65 bits per heavy atom. The minimum atomic E-state index is -0.751. The highest BCUT2D eigenvalue weighted by atomic mass is 79.9. The number of hydrogen-bond acceptors (Lipinski definition) is 3. The summed E-state index contributed by atoms with van der Waals surface area (Å²) in [6.07, 6.45) is 0.803. The Bertz CT molecular complexity index is 508. The number of aliphatic hydroxyl groups excluding tert-OH is 1. The molecule has 0 amide bonds. The first kappa shape index (κ1) is 12.2. The zero-order valence-electron chi connectivity index (χ0n) is 9.72. The molecule has 0 aliphatic heterocycles. The summed E-state index contributed by atoms with van der Waals surface area (Å²) >= 11 is 3.35. The van der Waals surface area contributed by atoms with Crippen LogP contribution >= 0.6 is 15.9 Å². The maximum atomic E-state index is 10.2. The molecule has 1 unspecified atom stereocenters. The Hall–Kier alpha value is -1.26. The monoisotopic (exact) mass is 295 g/mol. The van der Waals surface area contributed by atoms with Crippen LogP contribution in [0.15, 0.2) is 45.5 Å². The van der Waals surface area contributed by atoms with Gasteiger partial charge in [-0.05, 0) is 39.7 Å². The molecular formula is C13H14BrNO2. The van der Waals surface area contributed by atoms with Crippen LogP contribution in [0.1, 0.15) is 17.4 Å². The lowest BCUT2D eigenvalue weighted by Gasteiger charge is -2.15. The van der Waals surface area contributed by atoms with E-state index >= 15 is 0 Å². The van der Waals surface area contributed by atoms with Gasteiger partial charge in [-0.1, -0.05) is 12.1 Å². The van der Waals surface area contributed by atoms with Crippen molar-refractivity contribution in [3.63, 3.8) is 0 Å². The van der Waals surface area contributed by atoms with Crippen LogP contribution in [-0.2, 0) is 0 Å². The molecule has 3 nitrogen and oxygen atoms in total. The molecule has 0 saturated heterocycles. The molecular weight excluding hydrogens is 282 g/mol. The van der Waals surface area contributed by atoms with Crippen LogP contribution in [0.3, 0.4) is 0 Å². The van der Waals surface area contributed by atoms with Gasteiger partial charge in [0.1, 0.15) is 6.10 Å². The summed E-state index contributed by atoms with van der Waals surface area (Å²) in [6.45, 7) is 0. The molecule has 90 valence electrons. The smallest absolute Gasteiger partial charge is 0.150 e. The molecule has 1 aromatic heterocycles. The van der Waals surface area contributed by atoms with Crippen molar-refractivity contribution in [1.82, 2.24) is 0 Å². The summed E-state index contributed by atoms with van der Waals surface area (Å²) in [4.78, 5) is 1.99. The van der Waals surface area contributed by atoms with Crippen LogP contribution in [0.4, 0.5) is 5.69 Å². The van der Waals surface area contributed by atoms with E-state index in [-0.39, 0.29) is 0 Å². The molecule has 0 saturated carbocycles. The number of rotatable bonds is 3.